The predicted octanol–water partition coefficient (Wildman–Crippen LogP) is 1.81. The maximum absolute atomic E-state index is 11.1. The van der Waals surface area contributed by atoms with E-state index in [2.05, 4.69) is 19.7 Å². The first-order chi connectivity index (χ1) is 8.29. The van der Waals surface area contributed by atoms with Crippen LogP contribution in [0, 0.1) is 0 Å². The van der Waals surface area contributed by atoms with Gasteiger partial charge in [-0.3, -0.25) is 0 Å². The van der Waals surface area contributed by atoms with Gasteiger partial charge in [0, 0.05) is 6.20 Å². The molecule has 5 nitrogen and oxygen atoms in total. The number of methoxy groups -OCH3 is 1. The molecular formula is C11H9N3O2S. The molecule has 86 valence electrons. The highest BCUT2D eigenvalue weighted by atomic mass is 32.2. The van der Waals surface area contributed by atoms with Crippen molar-refractivity contribution in [2.45, 2.75) is 10.1 Å². The lowest BCUT2D eigenvalue weighted by Crippen LogP contribution is -2.04. The Balaban J connectivity index is 2.11. The molecule has 2 aromatic rings. The summed E-state index contributed by atoms with van der Waals surface area (Å²) in [5.74, 6) is -0.494. The quantitative estimate of drug-likeness (QED) is 0.771. The summed E-state index contributed by atoms with van der Waals surface area (Å²) in [6.07, 6.45) is 4.61. The average Bonchev–Trinajstić information content (AvgIpc) is 2.40. The lowest BCUT2D eigenvalue weighted by atomic mass is 10.5. The van der Waals surface area contributed by atoms with Gasteiger partial charge in [0.15, 0.2) is 5.69 Å². The van der Waals surface area contributed by atoms with Gasteiger partial charge in [-0.15, -0.1) is 0 Å². The zero-order valence-corrected chi connectivity index (χ0v) is 9.85. The van der Waals surface area contributed by atoms with E-state index in [1.165, 1.54) is 31.3 Å². The fraction of sp³-hybridized carbons (Fsp3) is 0.0909. The molecule has 2 rings (SSSR count). The molecule has 0 fully saturated rings. The van der Waals surface area contributed by atoms with Crippen molar-refractivity contribution in [3.63, 3.8) is 0 Å². The monoisotopic (exact) mass is 247 g/mol. The van der Waals surface area contributed by atoms with Crippen LogP contribution in [0.15, 0.2) is 46.8 Å². The molecule has 6 heteroatoms. The fourth-order valence-electron chi connectivity index (χ4n) is 1.09. The summed E-state index contributed by atoms with van der Waals surface area (Å²) in [4.78, 5) is 23.4. The van der Waals surface area contributed by atoms with E-state index in [0.717, 1.165) is 5.03 Å². The third-order valence-corrected chi connectivity index (χ3v) is 2.74. The molecule has 0 aromatic carbocycles. The van der Waals surface area contributed by atoms with Gasteiger partial charge in [0.25, 0.3) is 0 Å². The van der Waals surface area contributed by atoms with E-state index in [0.29, 0.717) is 5.03 Å². The second-order valence-corrected chi connectivity index (χ2v) is 4.04. The number of rotatable bonds is 3. The highest BCUT2D eigenvalue weighted by Crippen LogP contribution is 2.22. The number of carbonyl (C=O) groups excluding carboxylic acids is 1. The molecule has 2 heterocycles. The average molecular weight is 247 g/mol. The van der Waals surface area contributed by atoms with Gasteiger partial charge < -0.3 is 4.74 Å². The van der Waals surface area contributed by atoms with Crippen LogP contribution in [0.5, 0.6) is 0 Å². The van der Waals surface area contributed by atoms with Gasteiger partial charge >= 0.3 is 5.97 Å². The van der Waals surface area contributed by atoms with Crippen molar-refractivity contribution in [1.29, 1.82) is 0 Å². The van der Waals surface area contributed by atoms with Gasteiger partial charge in [-0.1, -0.05) is 6.07 Å². The van der Waals surface area contributed by atoms with Crippen molar-refractivity contribution in [3.05, 3.63) is 42.5 Å². The Morgan fingerprint density at radius 1 is 1.18 bits per heavy atom. The number of hydrogen-bond acceptors (Lipinski definition) is 6. The standard InChI is InChI=1S/C11H9N3O2S/c1-16-11(15)8-6-14-10(7-13-8)17-9-4-2-3-5-12-9/h2-7H,1H3. The summed E-state index contributed by atoms with van der Waals surface area (Å²) >= 11 is 1.38. The summed E-state index contributed by atoms with van der Waals surface area (Å²) in [6, 6.07) is 5.61. The summed E-state index contributed by atoms with van der Waals surface area (Å²) in [5.41, 5.74) is 0.192. The van der Waals surface area contributed by atoms with Gasteiger partial charge in [0.2, 0.25) is 0 Å². The van der Waals surface area contributed by atoms with Gasteiger partial charge in [-0.05, 0) is 23.9 Å². The number of aromatic nitrogens is 3. The molecule has 0 aliphatic carbocycles. The van der Waals surface area contributed by atoms with Gasteiger partial charge in [-0.2, -0.15) is 0 Å². The summed E-state index contributed by atoms with van der Waals surface area (Å²) < 4.78 is 4.53. The van der Waals surface area contributed by atoms with Crippen molar-refractivity contribution < 1.29 is 9.53 Å². The maximum atomic E-state index is 11.1. The van der Waals surface area contributed by atoms with Crippen LogP contribution < -0.4 is 0 Å². The molecule has 0 atom stereocenters. The van der Waals surface area contributed by atoms with Crippen LogP contribution in [-0.2, 0) is 4.74 Å². The largest absolute Gasteiger partial charge is 0.464 e. The maximum Gasteiger partial charge on any atom is 0.358 e. The SMILES string of the molecule is COC(=O)c1cnc(Sc2ccccn2)cn1. The molecule has 0 spiro atoms. The molecule has 0 aliphatic heterocycles. The normalized spacial score (nSPS) is 9.94. The molecule has 0 unspecified atom stereocenters. The van der Waals surface area contributed by atoms with E-state index < -0.39 is 5.97 Å². The number of carbonyl (C=O) groups is 1. The predicted molar refractivity (Wildman–Crippen MR) is 61.7 cm³/mol. The molecular weight excluding hydrogens is 238 g/mol. The minimum Gasteiger partial charge on any atom is -0.464 e. The molecule has 0 radical (unpaired) electrons. The van der Waals surface area contributed by atoms with Crippen molar-refractivity contribution in [2.75, 3.05) is 7.11 Å². The number of nitrogens with zero attached hydrogens (tertiary/aromatic N) is 3. The molecule has 0 amide bonds. The molecule has 0 aliphatic rings. The number of hydrogen-bond donors (Lipinski definition) is 0. The molecule has 0 bridgehead atoms. The van der Waals surface area contributed by atoms with E-state index in [4.69, 9.17) is 0 Å². The van der Waals surface area contributed by atoms with Gasteiger partial charge in [-0.25, -0.2) is 19.7 Å². The minimum absolute atomic E-state index is 0.192. The Morgan fingerprint density at radius 2 is 2.06 bits per heavy atom. The van der Waals surface area contributed by atoms with Crippen LogP contribution in [0.25, 0.3) is 0 Å². The first-order valence-electron chi connectivity index (χ1n) is 4.79. The Hall–Kier alpha value is -1.95. The first kappa shape index (κ1) is 11.5. The van der Waals surface area contributed by atoms with Crippen LogP contribution in [0.4, 0.5) is 0 Å². The van der Waals surface area contributed by atoms with Crippen LogP contribution >= 0.6 is 11.8 Å². The summed E-state index contributed by atoms with van der Waals surface area (Å²) in [6.45, 7) is 0. The number of pyridine rings is 1. The van der Waals surface area contributed by atoms with Crippen LogP contribution in [0.1, 0.15) is 10.5 Å². The number of ether oxygens (including phenoxy) is 1. The van der Waals surface area contributed by atoms with Crippen molar-refractivity contribution in [3.8, 4) is 0 Å². The van der Waals surface area contributed by atoms with E-state index >= 15 is 0 Å². The Morgan fingerprint density at radius 3 is 2.65 bits per heavy atom. The topological polar surface area (TPSA) is 65.0 Å². The minimum atomic E-state index is -0.494. The van der Waals surface area contributed by atoms with Gasteiger partial charge in [0.05, 0.1) is 19.5 Å². The first-order valence-corrected chi connectivity index (χ1v) is 5.60. The van der Waals surface area contributed by atoms with Gasteiger partial charge in [0.1, 0.15) is 10.1 Å². The van der Waals surface area contributed by atoms with Crippen LogP contribution in [-0.4, -0.2) is 28.0 Å². The molecule has 0 N–H and O–H groups in total. The van der Waals surface area contributed by atoms with E-state index in [-0.39, 0.29) is 5.69 Å². The molecule has 0 saturated heterocycles. The lowest BCUT2D eigenvalue weighted by molar-refractivity contribution is 0.0593. The second kappa shape index (κ2) is 5.40. The second-order valence-electron chi connectivity index (χ2n) is 3.00. The highest BCUT2D eigenvalue weighted by Gasteiger charge is 2.07. The van der Waals surface area contributed by atoms with E-state index in [9.17, 15) is 4.79 Å². The Bertz CT molecular complexity index is 502. The van der Waals surface area contributed by atoms with Crippen molar-refractivity contribution in [1.82, 2.24) is 15.0 Å². The fourth-order valence-corrected chi connectivity index (χ4v) is 1.78. The number of esters is 1. The zero-order chi connectivity index (χ0) is 12.1. The summed E-state index contributed by atoms with van der Waals surface area (Å²) in [7, 11) is 1.31. The Kier molecular flexibility index (Phi) is 3.66. The van der Waals surface area contributed by atoms with E-state index in [1.54, 1.807) is 6.20 Å². The smallest absolute Gasteiger partial charge is 0.358 e. The van der Waals surface area contributed by atoms with E-state index in [1.807, 2.05) is 18.2 Å². The van der Waals surface area contributed by atoms with Crippen molar-refractivity contribution >= 4 is 17.7 Å². The third-order valence-electron chi connectivity index (χ3n) is 1.87. The lowest BCUT2D eigenvalue weighted by Gasteiger charge is -2.00. The molecule has 17 heavy (non-hydrogen) atoms. The van der Waals surface area contributed by atoms with Crippen LogP contribution in [0.2, 0.25) is 0 Å². The highest BCUT2D eigenvalue weighted by molar-refractivity contribution is 7.99. The van der Waals surface area contributed by atoms with Crippen LogP contribution in [0.3, 0.4) is 0 Å². The molecule has 2 aromatic heterocycles. The molecule has 0 saturated carbocycles. The van der Waals surface area contributed by atoms with Crippen molar-refractivity contribution in [2.24, 2.45) is 0 Å². The summed E-state index contributed by atoms with van der Waals surface area (Å²) in [5, 5.41) is 1.50. The zero-order valence-electron chi connectivity index (χ0n) is 9.03. The third kappa shape index (κ3) is 3.01. The Labute approximate surface area is 102 Å².